The molecule has 2 heterocycles. The normalized spacial score (nSPS) is 12.3. The zero-order valence-corrected chi connectivity index (χ0v) is 16.6. The Morgan fingerprint density at radius 3 is 2.45 bits per heavy atom. The summed E-state index contributed by atoms with van der Waals surface area (Å²) >= 11 is 1.46. The minimum absolute atomic E-state index is 0.119. The highest BCUT2D eigenvalue weighted by Crippen LogP contribution is 2.34. The molecule has 154 valence electrons. The van der Waals surface area contributed by atoms with Crippen molar-refractivity contribution in [3.05, 3.63) is 52.4 Å². The molecule has 3 aromatic rings. The predicted octanol–water partition coefficient (Wildman–Crippen LogP) is 3.44. The molecule has 1 aromatic carbocycles. The van der Waals surface area contributed by atoms with Crippen molar-refractivity contribution in [2.75, 3.05) is 5.32 Å². The highest BCUT2D eigenvalue weighted by Gasteiger charge is 2.33. The number of hydrogen-bond donors (Lipinski definition) is 1. The Morgan fingerprint density at radius 2 is 1.79 bits per heavy atom. The number of fused-ring (bicyclic) bond motifs is 1. The van der Waals surface area contributed by atoms with Gasteiger partial charge in [0.15, 0.2) is 5.65 Å². The van der Waals surface area contributed by atoms with Crippen molar-refractivity contribution < 1.29 is 18.0 Å². The number of hydrogen-bond acceptors (Lipinski definition) is 5. The van der Waals surface area contributed by atoms with Crippen molar-refractivity contribution >= 4 is 29.0 Å². The van der Waals surface area contributed by atoms with Crippen LogP contribution in [0.1, 0.15) is 26.3 Å². The molecule has 0 atom stereocenters. The SMILES string of the molecule is CC(C)(C)Sc1ccc2nn(CC(=O)Nc3ccccc3C(F)(F)F)c(=O)n2n1. The van der Waals surface area contributed by atoms with Gasteiger partial charge in [-0.1, -0.05) is 44.7 Å². The molecule has 0 aliphatic rings. The lowest BCUT2D eigenvalue weighted by Gasteiger charge is -2.16. The quantitative estimate of drug-likeness (QED) is 0.648. The van der Waals surface area contributed by atoms with Crippen LogP contribution in [0, 0.1) is 0 Å². The second-order valence-corrected chi connectivity index (χ2v) is 9.03. The van der Waals surface area contributed by atoms with E-state index in [4.69, 9.17) is 0 Å². The van der Waals surface area contributed by atoms with Crippen LogP contribution >= 0.6 is 11.8 Å². The number of halogens is 3. The summed E-state index contributed by atoms with van der Waals surface area (Å²) in [7, 11) is 0. The Morgan fingerprint density at radius 1 is 1.10 bits per heavy atom. The molecule has 1 amide bonds. The third-order valence-corrected chi connectivity index (χ3v) is 4.67. The molecule has 0 bridgehead atoms. The van der Waals surface area contributed by atoms with Gasteiger partial charge in [0, 0.05) is 4.75 Å². The van der Waals surface area contributed by atoms with Crippen molar-refractivity contribution in [3.63, 3.8) is 0 Å². The molecule has 7 nitrogen and oxygen atoms in total. The van der Waals surface area contributed by atoms with E-state index in [0.29, 0.717) is 5.03 Å². The van der Waals surface area contributed by atoms with E-state index >= 15 is 0 Å². The van der Waals surface area contributed by atoms with E-state index in [0.717, 1.165) is 21.3 Å². The number of nitrogens with one attached hydrogen (secondary N) is 1. The van der Waals surface area contributed by atoms with Gasteiger partial charge in [-0.2, -0.15) is 22.8 Å². The summed E-state index contributed by atoms with van der Waals surface area (Å²) in [6.07, 6.45) is -4.62. The van der Waals surface area contributed by atoms with Crippen molar-refractivity contribution in [2.45, 2.75) is 43.3 Å². The summed E-state index contributed by atoms with van der Waals surface area (Å²) < 4.78 is 41.0. The van der Waals surface area contributed by atoms with Gasteiger partial charge in [-0.25, -0.2) is 9.48 Å². The minimum Gasteiger partial charge on any atom is -0.324 e. The first-order valence-electron chi connectivity index (χ1n) is 8.56. The Bertz CT molecular complexity index is 1120. The molecular weight excluding hydrogens is 407 g/mol. The summed E-state index contributed by atoms with van der Waals surface area (Å²) in [5, 5.41) is 11.0. The number of aromatic nitrogens is 4. The number of benzene rings is 1. The highest BCUT2D eigenvalue weighted by atomic mass is 32.2. The van der Waals surface area contributed by atoms with Crippen molar-refractivity contribution in [1.82, 2.24) is 19.4 Å². The Hall–Kier alpha value is -2.82. The minimum atomic E-state index is -4.62. The molecule has 0 aliphatic heterocycles. The summed E-state index contributed by atoms with van der Waals surface area (Å²) in [5.74, 6) is -0.809. The van der Waals surface area contributed by atoms with Crippen LogP contribution in [0.2, 0.25) is 0 Å². The predicted molar refractivity (Wildman–Crippen MR) is 103 cm³/mol. The number of para-hydroxylation sites is 1. The number of rotatable bonds is 4. The number of amides is 1. The van der Waals surface area contributed by atoms with E-state index in [2.05, 4.69) is 15.5 Å². The van der Waals surface area contributed by atoms with Gasteiger partial charge in [0.05, 0.1) is 11.3 Å². The lowest BCUT2D eigenvalue weighted by Crippen LogP contribution is -2.29. The monoisotopic (exact) mass is 425 g/mol. The summed E-state index contributed by atoms with van der Waals surface area (Å²) in [4.78, 5) is 24.7. The van der Waals surface area contributed by atoms with Crippen LogP contribution in [-0.4, -0.2) is 30.0 Å². The van der Waals surface area contributed by atoms with Gasteiger partial charge >= 0.3 is 11.9 Å². The van der Waals surface area contributed by atoms with Gasteiger partial charge in [-0.05, 0) is 24.3 Å². The fourth-order valence-corrected chi connectivity index (χ4v) is 3.41. The first kappa shape index (κ1) is 20.9. The first-order valence-corrected chi connectivity index (χ1v) is 9.38. The number of carbonyl (C=O) groups excluding carboxylic acids is 1. The van der Waals surface area contributed by atoms with Gasteiger partial charge in [-0.3, -0.25) is 4.79 Å². The van der Waals surface area contributed by atoms with Gasteiger partial charge in [0.1, 0.15) is 11.6 Å². The molecular formula is C18H18F3N5O2S. The van der Waals surface area contributed by atoms with Gasteiger partial charge in [0.2, 0.25) is 5.91 Å². The molecule has 29 heavy (non-hydrogen) atoms. The topological polar surface area (TPSA) is 81.3 Å². The maximum Gasteiger partial charge on any atom is 0.418 e. The average Bonchev–Trinajstić information content (AvgIpc) is 2.89. The van der Waals surface area contributed by atoms with Gasteiger partial charge in [0.25, 0.3) is 0 Å². The van der Waals surface area contributed by atoms with Crippen LogP contribution < -0.4 is 11.0 Å². The Labute approximate surface area is 167 Å². The van der Waals surface area contributed by atoms with E-state index in [1.807, 2.05) is 20.8 Å². The lowest BCUT2D eigenvalue weighted by atomic mass is 10.1. The molecule has 0 unspecified atom stereocenters. The summed E-state index contributed by atoms with van der Waals surface area (Å²) in [5.41, 5.74) is -1.78. The fourth-order valence-electron chi connectivity index (χ4n) is 2.53. The van der Waals surface area contributed by atoms with Crippen LogP contribution in [0.3, 0.4) is 0 Å². The third-order valence-electron chi connectivity index (χ3n) is 3.63. The van der Waals surface area contributed by atoms with Crippen LogP contribution in [-0.2, 0) is 17.5 Å². The molecule has 0 saturated carbocycles. The average molecular weight is 425 g/mol. The van der Waals surface area contributed by atoms with Crippen molar-refractivity contribution in [2.24, 2.45) is 0 Å². The third kappa shape index (κ3) is 4.97. The summed E-state index contributed by atoms with van der Waals surface area (Å²) in [6, 6.07) is 7.91. The number of alkyl halides is 3. The van der Waals surface area contributed by atoms with Crippen LogP contribution in [0.15, 0.2) is 46.2 Å². The smallest absolute Gasteiger partial charge is 0.324 e. The Kier molecular flexibility index (Phi) is 5.44. The zero-order valence-electron chi connectivity index (χ0n) is 15.8. The molecule has 1 N–H and O–H groups in total. The molecule has 0 aliphatic carbocycles. The van der Waals surface area contributed by atoms with Crippen LogP contribution in [0.4, 0.5) is 18.9 Å². The maximum absolute atomic E-state index is 13.1. The fraction of sp³-hybridized carbons (Fsp3) is 0.333. The van der Waals surface area contributed by atoms with Crippen LogP contribution in [0.25, 0.3) is 5.65 Å². The van der Waals surface area contributed by atoms with Crippen molar-refractivity contribution in [1.29, 1.82) is 0 Å². The standard InChI is InChI=1S/C18H18F3N5O2S/c1-17(2,3)29-15-9-8-13-23-25(16(28)26(13)24-15)10-14(27)22-12-7-5-4-6-11(12)18(19,20)21/h4-9H,10H2,1-3H3,(H,22,27). The Balaban J connectivity index is 1.83. The number of thioether (sulfide) groups is 1. The number of nitrogens with zero attached hydrogens (tertiary/aromatic N) is 4. The van der Waals surface area contributed by atoms with E-state index in [1.165, 1.54) is 23.9 Å². The maximum atomic E-state index is 13.1. The molecule has 0 saturated heterocycles. The molecule has 2 aromatic heterocycles. The van der Waals surface area contributed by atoms with Crippen LogP contribution in [0.5, 0.6) is 0 Å². The van der Waals surface area contributed by atoms with E-state index in [1.54, 1.807) is 12.1 Å². The largest absolute Gasteiger partial charge is 0.418 e. The van der Waals surface area contributed by atoms with E-state index in [9.17, 15) is 22.8 Å². The van der Waals surface area contributed by atoms with E-state index < -0.39 is 29.9 Å². The van der Waals surface area contributed by atoms with E-state index in [-0.39, 0.29) is 16.1 Å². The molecule has 0 fully saturated rings. The summed E-state index contributed by atoms with van der Waals surface area (Å²) in [6.45, 7) is 5.45. The lowest BCUT2D eigenvalue weighted by molar-refractivity contribution is -0.137. The highest BCUT2D eigenvalue weighted by molar-refractivity contribution is 8.00. The van der Waals surface area contributed by atoms with Gasteiger partial charge in [-0.15, -0.1) is 5.10 Å². The first-order chi connectivity index (χ1) is 13.4. The second kappa shape index (κ2) is 7.54. The number of carbonyl (C=O) groups is 1. The zero-order chi connectivity index (χ0) is 21.4. The van der Waals surface area contributed by atoms with Gasteiger partial charge < -0.3 is 5.32 Å². The second-order valence-electron chi connectivity index (χ2n) is 7.19. The van der Waals surface area contributed by atoms with Crippen molar-refractivity contribution in [3.8, 4) is 0 Å². The molecule has 11 heteroatoms. The number of anilines is 1. The molecule has 3 rings (SSSR count). The molecule has 0 radical (unpaired) electrons. The molecule has 0 spiro atoms.